The van der Waals surface area contributed by atoms with E-state index in [1.165, 1.54) is 0 Å². The summed E-state index contributed by atoms with van der Waals surface area (Å²) in [5.74, 6) is 0.279. The number of anilines is 2. The van der Waals surface area contributed by atoms with Gasteiger partial charge in [0.15, 0.2) is 0 Å². The Labute approximate surface area is 126 Å². The highest BCUT2D eigenvalue weighted by atomic mass is 79.9. The van der Waals surface area contributed by atoms with Gasteiger partial charge in [-0.25, -0.2) is 4.98 Å². The van der Waals surface area contributed by atoms with Gasteiger partial charge in [-0.05, 0) is 40.5 Å². The average Bonchev–Trinajstić information content (AvgIpc) is 2.47. The SMILES string of the molecule is CCCNc1cnccc1C(=O)Nc1ncccc1Br. The van der Waals surface area contributed by atoms with Gasteiger partial charge < -0.3 is 10.6 Å². The van der Waals surface area contributed by atoms with E-state index in [0.29, 0.717) is 11.4 Å². The van der Waals surface area contributed by atoms with Crippen molar-refractivity contribution >= 4 is 33.3 Å². The molecule has 1 amide bonds. The summed E-state index contributed by atoms with van der Waals surface area (Å²) in [6.45, 7) is 2.85. The maximum absolute atomic E-state index is 12.3. The van der Waals surface area contributed by atoms with E-state index in [1.807, 2.05) is 6.07 Å². The first-order valence-corrected chi connectivity index (χ1v) is 7.11. The molecule has 104 valence electrons. The molecule has 0 atom stereocenters. The molecule has 0 bridgehead atoms. The molecular weight excluding hydrogens is 320 g/mol. The fourth-order valence-corrected chi connectivity index (χ4v) is 2.00. The van der Waals surface area contributed by atoms with Crippen molar-refractivity contribution < 1.29 is 4.79 Å². The highest BCUT2D eigenvalue weighted by Crippen LogP contribution is 2.21. The number of rotatable bonds is 5. The zero-order chi connectivity index (χ0) is 14.4. The normalized spacial score (nSPS) is 10.1. The standard InChI is InChI=1S/C14H15BrN4O/c1-2-6-17-12-9-16-8-5-10(12)14(20)19-13-11(15)4-3-7-18-13/h3-5,7-9,17H,2,6H2,1H3,(H,18,19,20). The maximum Gasteiger partial charge on any atom is 0.259 e. The number of aromatic nitrogens is 2. The molecule has 6 heteroatoms. The third kappa shape index (κ3) is 3.54. The highest BCUT2D eigenvalue weighted by Gasteiger charge is 2.13. The maximum atomic E-state index is 12.3. The van der Waals surface area contributed by atoms with E-state index in [2.05, 4.69) is 43.5 Å². The quantitative estimate of drug-likeness (QED) is 0.880. The van der Waals surface area contributed by atoms with Crippen LogP contribution < -0.4 is 10.6 Å². The molecule has 0 aliphatic rings. The first-order valence-electron chi connectivity index (χ1n) is 6.32. The molecule has 0 aliphatic carbocycles. The number of carbonyl (C=O) groups is 1. The molecule has 2 aromatic rings. The number of halogens is 1. The lowest BCUT2D eigenvalue weighted by Crippen LogP contribution is -2.16. The van der Waals surface area contributed by atoms with E-state index in [-0.39, 0.29) is 5.91 Å². The Hall–Kier alpha value is -1.95. The van der Waals surface area contributed by atoms with Crippen molar-refractivity contribution in [1.29, 1.82) is 0 Å². The van der Waals surface area contributed by atoms with Gasteiger partial charge in [-0.1, -0.05) is 6.92 Å². The lowest BCUT2D eigenvalue weighted by molar-refractivity contribution is 0.102. The average molecular weight is 335 g/mol. The van der Waals surface area contributed by atoms with Crippen molar-refractivity contribution in [3.8, 4) is 0 Å². The first-order chi connectivity index (χ1) is 9.72. The molecule has 0 spiro atoms. The lowest BCUT2D eigenvalue weighted by atomic mass is 10.2. The molecule has 0 fully saturated rings. The number of nitrogens with one attached hydrogen (secondary N) is 2. The van der Waals surface area contributed by atoms with E-state index >= 15 is 0 Å². The van der Waals surface area contributed by atoms with Crippen molar-refractivity contribution in [3.63, 3.8) is 0 Å². The van der Waals surface area contributed by atoms with Gasteiger partial charge in [0.1, 0.15) is 5.82 Å². The van der Waals surface area contributed by atoms with Crippen LogP contribution in [-0.4, -0.2) is 22.4 Å². The van der Waals surface area contributed by atoms with Crippen molar-refractivity contribution in [1.82, 2.24) is 9.97 Å². The molecule has 2 rings (SSSR count). The minimum Gasteiger partial charge on any atom is -0.383 e. The Kier molecular flexibility index (Phi) is 5.06. The van der Waals surface area contributed by atoms with Crippen molar-refractivity contribution in [3.05, 3.63) is 46.8 Å². The summed E-state index contributed by atoms with van der Waals surface area (Å²) in [5.41, 5.74) is 1.27. The van der Waals surface area contributed by atoms with Gasteiger partial charge >= 0.3 is 0 Å². The second kappa shape index (κ2) is 7.00. The number of hydrogen-bond acceptors (Lipinski definition) is 4. The summed E-state index contributed by atoms with van der Waals surface area (Å²) in [4.78, 5) is 20.5. The lowest BCUT2D eigenvalue weighted by Gasteiger charge is -2.11. The Morgan fingerprint density at radius 1 is 1.35 bits per heavy atom. The van der Waals surface area contributed by atoms with Gasteiger partial charge in [0.05, 0.1) is 21.9 Å². The van der Waals surface area contributed by atoms with Crippen LogP contribution in [0.15, 0.2) is 41.3 Å². The van der Waals surface area contributed by atoms with Gasteiger partial charge in [0.2, 0.25) is 0 Å². The molecule has 0 radical (unpaired) electrons. The van der Waals surface area contributed by atoms with E-state index in [0.717, 1.165) is 23.1 Å². The van der Waals surface area contributed by atoms with Crippen LogP contribution in [-0.2, 0) is 0 Å². The first kappa shape index (κ1) is 14.5. The van der Waals surface area contributed by atoms with E-state index < -0.39 is 0 Å². The van der Waals surface area contributed by atoms with Crippen LogP contribution in [0.1, 0.15) is 23.7 Å². The molecule has 0 unspecified atom stereocenters. The topological polar surface area (TPSA) is 66.9 Å². The summed E-state index contributed by atoms with van der Waals surface area (Å²) in [6.07, 6.45) is 5.85. The van der Waals surface area contributed by atoms with E-state index in [9.17, 15) is 4.79 Å². The fraction of sp³-hybridized carbons (Fsp3) is 0.214. The van der Waals surface area contributed by atoms with Gasteiger partial charge in [0.25, 0.3) is 5.91 Å². The summed E-state index contributed by atoms with van der Waals surface area (Å²) < 4.78 is 0.741. The van der Waals surface area contributed by atoms with Crippen LogP contribution in [0.25, 0.3) is 0 Å². The predicted octanol–water partition coefficient (Wildman–Crippen LogP) is 3.31. The number of hydrogen-bond donors (Lipinski definition) is 2. The van der Waals surface area contributed by atoms with Crippen molar-refractivity contribution in [2.75, 3.05) is 17.2 Å². The van der Waals surface area contributed by atoms with E-state index in [4.69, 9.17) is 0 Å². The molecule has 0 saturated carbocycles. The minimum atomic E-state index is -0.217. The Morgan fingerprint density at radius 3 is 2.95 bits per heavy atom. The molecule has 0 aliphatic heterocycles. The van der Waals surface area contributed by atoms with Crippen molar-refractivity contribution in [2.45, 2.75) is 13.3 Å². The second-order valence-electron chi connectivity index (χ2n) is 4.14. The van der Waals surface area contributed by atoms with Crippen LogP contribution in [0, 0.1) is 0 Å². The van der Waals surface area contributed by atoms with Crippen LogP contribution in [0.4, 0.5) is 11.5 Å². The largest absolute Gasteiger partial charge is 0.383 e. The summed E-state index contributed by atoms with van der Waals surface area (Å²) in [7, 11) is 0. The zero-order valence-corrected chi connectivity index (χ0v) is 12.6. The fourth-order valence-electron chi connectivity index (χ4n) is 1.65. The Balaban J connectivity index is 2.19. The summed E-state index contributed by atoms with van der Waals surface area (Å²) >= 11 is 3.35. The highest BCUT2D eigenvalue weighted by molar-refractivity contribution is 9.10. The van der Waals surface area contributed by atoms with Gasteiger partial charge in [-0.15, -0.1) is 0 Å². The van der Waals surface area contributed by atoms with Crippen LogP contribution in [0.5, 0.6) is 0 Å². The molecular formula is C14H15BrN4O. The molecule has 2 aromatic heterocycles. The summed E-state index contributed by atoms with van der Waals surface area (Å²) in [5, 5.41) is 5.97. The monoisotopic (exact) mass is 334 g/mol. The molecule has 0 aromatic carbocycles. The summed E-state index contributed by atoms with van der Waals surface area (Å²) in [6, 6.07) is 5.30. The predicted molar refractivity (Wildman–Crippen MR) is 82.9 cm³/mol. The van der Waals surface area contributed by atoms with E-state index in [1.54, 1.807) is 30.7 Å². The Morgan fingerprint density at radius 2 is 2.20 bits per heavy atom. The number of carbonyl (C=O) groups excluding carboxylic acids is 1. The third-order valence-electron chi connectivity index (χ3n) is 2.62. The molecule has 2 N–H and O–H groups in total. The third-order valence-corrected chi connectivity index (χ3v) is 3.26. The van der Waals surface area contributed by atoms with Crippen LogP contribution >= 0.6 is 15.9 Å². The smallest absolute Gasteiger partial charge is 0.259 e. The minimum absolute atomic E-state index is 0.217. The van der Waals surface area contributed by atoms with Gasteiger partial charge in [-0.3, -0.25) is 9.78 Å². The zero-order valence-electron chi connectivity index (χ0n) is 11.1. The molecule has 0 saturated heterocycles. The molecule has 20 heavy (non-hydrogen) atoms. The van der Waals surface area contributed by atoms with Gasteiger partial charge in [0, 0.05) is 18.9 Å². The van der Waals surface area contributed by atoms with Gasteiger partial charge in [-0.2, -0.15) is 0 Å². The number of nitrogens with zero attached hydrogens (tertiary/aromatic N) is 2. The number of amides is 1. The molecule has 2 heterocycles. The Bertz CT molecular complexity index is 603. The van der Waals surface area contributed by atoms with Crippen LogP contribution in [0.3, 0.4) is 0 Å². The van der Waals surface area contributed by atoms with Crippen molar-refractivity contribution in [2.24, 2.45) is 0 Å². The second-order valence-corrected chi connectivity index (χ2v) is 4.99. The number of pyridine rings is 2. The van der Waals surface area contributed by atoms with Crippen LogP contribution in [0.2, 0.25) is 0 Å². The molecule has 5 nitrogen and oxygen atoms in total.